The fourth-order valence-corrected chi connectivity index (χ4v) is 2.58. The molecule has 136 valence electrons. The minimum atomic E-state index is -0.299. The van der Waals surface area contributed by atoms with Gasteiger partial charge in [0, 0.05) is 6.04 Å². The molecule has 0 saturated heterocycles. The van der Waals surface area contributed by atoms with Crippen LogP contribution >= 0.6 is 0 Å². The Morgan fingerprint density at radius 3 is 2.62 bits per heavy atom. The summed E-state index contributed by atoms with van der Waals surface area (Å²) in [7, 11) is 0. The van der Waals surface area contributed by atoms with E-state index in [0.29, 0.717) is 22.9 Å². The maximum atomic E-state index is 12.3. The zero-order valence-corrected chi connectivity index (χ0v) is 15.1. The second-order valence-corrected chi connectivity index (χ2v) is 6.86. The Kier molecular flexibility index (Phi) is 5.56. The Balaban J connectivity index is 1.60. The lowest BCUT2D eigenvalue weighted by molar-refractivity contribution is -0.118. The highest BCUT2D eigenvalue weighted by Gasteiger charge is 2.25. The Morgan fingerprint density at radius 2 is 1.88 bits per heavy atom. The van der Waals surface area contributed by atoms with E-state index >= 15 is 0 Å². The molecule has 0 unspecified atom stereocenters. The third kappa shape index (κ3) is 4.85. The van der Waals surface area contributed by atoms with Crippen LogP contribution in [0.2, 0.25) is 0 Å². The second-order valence-electron chi connectivity index (χ2n) is 6.86. The van der Waals surface area contributed by atoms with Crippen LogP contribution in [0.25, 0.3) is 0 Å². The summed E-state index contributed by atoms with van der Waals surface area (Å²) in [5, 5.41) is 5.70. The van der Waals surface area contributed by atoms with Gasteiger partial charge in [-0.05, 0) is 48.6 Å². The van der Waals surface area contributed by atoms with E-state index in [1.165, 1.54) is 0 Å². The number of nitrogens with one attached hydrogen (secondary N) is 2. The smallest absolute Gasteiger partial charge is 0.262 e. The van der Waals surface area contributed by atoms with E-state index in [-0.39, 0.29) is 24.5 Å². The van der Waals surface area contributed by atoms with Crippen molar-refractivity contribution in [2.45, 2.75) is 38.6 Å². The predicted molar refractivity (Wildman–Crippen MR) is 102 cm³/mol. The molecular weight excluding hydrogens is 328 g/mol. The highest BCUT2D eigenvalue weighted by Crippen LogP contribution is 2.22. The molecule has 5 heteroatoms. The lowest BCUT2D eigenvalue weighted by Crippen LogP contribution is -2.28. The van der Waals surface area contributed by atoms with E-state index < -0.39 is 0 Å². The summed E-state index contributed by atoms with van der Waals surface area (Å²) in [5.74, 6) is 0.593. The van der Waals surface area contributed by atoms with Gasteiger partial charge in [-0.25, -0.2) is 0 Å². The molecule has 1 aliphatic rings. The molecule has 1 saturated carbocycles. The average molecular weight is 352 g/mol. The van der Waals surface area contributed by atoms with Gasteiger partial charge in [0.2, 0.25) is 0 Å². The number of benzene rings is 2. The molecule has 0 spiro atoms. The van der Waals surface area contributed by atoms with Gasteiger partial charge in [-0.15, -0.1) is 0 Å². The van der Waals surface area contributed by atoms with E-state index in [0.717, 1.165) is 18.4 Å². The number of hydrogen-bond acceptors (Lipinski definition) is 3. The van der Waals surface area contributed by atoms with Crippen molar-refractivity contribution in [3.63, 3.8) is 0 Å². The quantitative estimate of drug-likeness (QED) is 0.798. The summed E-state index contributed by atoms with van der Waals surface area (Å²) in [6, 6.07) is 15.0. The minimum Gasteiger partial charge on any atom is -0.484 e. The monoisotopic (exact) mass is 352 g/mol. The zero-order chi connectivity index (χ0) is 18.5. The van der Waals surface area contributed by atoms with Crippen LogP contribution in [0.1, 0.15) is 48.5 Å². The van der Waals surface area contributed by atoms with Gasteiger partial charge in [-0.1, -0.05) is 38.1 Å². The zero-order valence-electron chi connectivity index (χ0n) is 15.1. The highest BCUT2D eigenvalue weighted by molar-refractivity contribution is 6.04. The molecular formula is C21H24N2O3. The van der Waals surface area contributed by atoms with Crippen LogP contribution < -0.4 is 15.4 Å². The van der Waals surface area contributed by atoms with Gasteiger partial charge in [0.05, 0.1) is 11.3 Å². The molecule has 2 aromatic rings. The topological polar surface area (TPSA) is 67.4 Å². The fourth-order valence-electron chi connectivity index (χ4n) is 2.58. The van der Waals surface area contributed by atoms with Gasteiger partial charge >= 0.3 is 0 Å². The predicted octanol–water partition coefficient (Wildman–Crippen LogP) is 3.72. The van der Waals surface area contributed by atoms with Crippen molar-refractivity contribution in [3.05, 3.63) is 59.7 Å². The molecule has 1 fully saturated rings. The third-order valence-electron chi connectivity index (χ3n) is 4.25. The van der Waals surface area contributed by atoms with E-state index in [9.17, 15) is 9.59 Å². The molecule has 0 heterocycles. The van der Waals surface area contributed by atoms with Gasteiger partial charge in [-0.2, -0.15) is 0 Å². The molecule has 2 N–H and O–H groups in total. The normalized spacial score (nSPS) is 13.3. The first-order valence-electron chi connectivity index (χ1n) is 8.95. The Labute approximate surface area is 153 Å². The fraction of sp³-hybridized carbons (Fsp3) is 0.333. The van der Waals surface area contributed by atoms with E-state index in [1.54, 1.807) is 24.3 Å². The molecule has 2 aromatic carbocycles. The Morgan fingerprint density at radius 1 is 1.12 bits per heavy atom. The first-order valence-corrected chi connectivity index (χ1v) is 8.95. The van der Waals surface area contributed by atoms with Crippen LogP contribution in [0.3, 0.4) is 0 Å². The maximum absolute atomic E-state index is 12.3. The molecule has 5 nitrogen and oxygen atoms in total. The summed E-state index contributed by atoms with van der Waals surface area (Å²) >= 11 is 0. The number of amides is 2. The van der Waals surface area contributed by atoms with Gasteiger partial charge in [0.25, 0.3) is 11.8 Å². The van der Waals surface area contributed by atoms with E-state index in [2.05, 4.69) is 24.5 Å². The number of ether oxygens (including phenoxy) is 1. The Bertz CT molecular complexity index is 797. The van der Waals surface area contributed by atoms with E-state index in [1.807, 2.05) is 24.3 Å². The van der Waals surface area contributed by atoms with Crippen molar-refractivity contribution in [2.24, 2.45) is 0 Å². The third-order valence-corrected chi connectivity index (χ3v) is 4.25. The summed E-state index contributed by atoms with van der Waals surface area (Å²) in [5.41, 5.74) is 2.12. The number of hydrogen-bond donors (Lipinski definition) is 2. The summed E-state index contributed by atoms with van der Waals surface area (Å²) in [4.78, 5) is 24.5. The van der Waals surface area contributed by atoms with Crippen LogP contribution in [0.15, 0.2) is 48.5 Å². The van der Waals surface area contributed by atoms with Gasteiger partial charge in [-0.3, -0.25) is 9.59 Å². The van der Waals surface area contributed by atoms with Crippen molar-refractivity contribution in [3.8, 4) is 5.75 Å². The largest absolute Gasteiger partial charge is 0.484 e. The van der Waals surface area contributed by atoms with Crippen molar-refractivity contribution in [1.29, 1.82) is 0 Å². The SMILES string of the molecule is CC(C)c1cccc(OCC(=O)Nc2ccccc2C(=O)NC2CC2)c1. The number of para-hydroxylation sites is 1. The maximum Gasteiger partial charge on any atom is 0.262 e. The minimum absolute atomic E-state index is 0.111. The highest BCUT2D eigenvalue weighted by atomic mass is 16.5. The first-order chi connectivity index (χ1) is 12.5. The molecule has 26 heavy (non-hydrogen) atoms. The number of carbonyl (C=O) groups excluding carboxylic acids is 2. The van der Waals surface area contributed by atoms with Crippen molar-refractivity contribution in [2.75, 3.05) is 11.9 Å². The molecule has 0 radical (unpaired) electrons. The molecule has 0 aliphatic heterocycles. The summed E-state index contributed by atoms with van der Waals surface area (Å²) < 4.78 is 5.59. The van der Waals surface area contributed by atoms with E-state index in [4.69, 9.17) is 4.74 Å². The van der Waals surface area contributed by atoms with Gasteiger partial charge < -0.3 is 15.4 Å². The first kappa shape index (κ1) is 18.0. The molecule has 0 bridgehead atoms. The lowest BCUT2D eigenvalue weighted by atomic mass is 10.0. The molecule has 1 aliphatic carbocycles. The van der Waals surface area contributed by atoms with Crippen molar-refractivity contribution in [1.82, 2.24) is 5.32 Å². The molecule has 2 amide bonds. The van der Waals surface area contributed by atoms with Crippen LogP contribution in [-0.2, 0) is 4.79 Å². The molecule has 0 aromatic heterocycles. The van der Waals surface area contributed by atoms with Crippen molar-refractivity contribution < 1.29 is 14.3 Å². The van der Waals surface area contributed by atoms with Gasteiger partial charge in [0.1, 0.15) is 5.75 Å². The van der Waals surface area contributed by atoms with Crippen LogP contribution in [0.5, 0.6) is 5.75 Å². The lowest BCUT2D eigenvalue weighted by Gasteiger charge is -2.12. The average Bonchev–Trinajstić information content (AvgIpc) is 3.44. The second kappa shape index (κ2) is 8.04. The van der Waals surface area contributed by atoms with Crippen LogP contribution in [-0.4, -0.2) is 24.5 Å². The van der Waals surface area contributed by atoms with Crippen molar-refractivity contribution >= 4 is 17.5 Å². The molecule has 0 atom stereocenters. The van der Waals surface area contributed by atoms with Gasteiger partial charge in [0.15, 0.2) is 6.61 Å². The standard InChI is InChI=1S/C21H24N2O3/c1-14(2)15-6-5-7-17(12-15)26-13-20(24)23-19-9-4-3-8-18(19)21(25)22-16-10-11-16/h3-9,12,14,16H,10-11,13H2,1-2H3,(H,22,25)(H,23,24). The summed E-state index contributed by atoms with van der Waals surface area (Å²) in [6.45, 7) is 4.10. The number of carbonyl (C=O) groups is 2. The summed E-state index contributed by atoms with van der Waals surface area (Å²) in [6.07, 6.45) is 2.03. The molecule has 3 rings (SSSR count). The van der Waals surface area contributed by atoms with Crippen LogP contribution in [0, 0.1) is 0 Å². The number of anilines is 1. The Hall–Kier alpha value is -2.82. The van der Waals surface area contributed by atoms with Crippen LogP contribution in [0.4, 0.5) is 5.69 Å². The number of rotatable bonds is 7.